The summed E-state index contributed by atoms with van der Waals surface area (Å²) in [4.78, 5) is 16.5. The highest BCUT2D eigenvalue weighted by Crippen LogP contribution is 2.35. The first-order valence-corrected chi connectivity index (χ1v) is 12.0. The van der Waals surface area contributed by atoms with E-state index in [-0.39, 0.29) is 39.8 Å². The van der Waals surface area contributed by atoms with Crippen LogP contribution in [0.2, 0.25) is 0 Å². The van der Waals surface area contributed by atoms with E-state index in [0.717, 1.165) is 6.07 Å². The van der Waals surface area contributed by atoms with Crippen molar-refractivity contribution in [3.05, 3.63) is 71.7 Å². The molecule has 4 aromatic rings. The van der Waals surface area contributed by atoms with Gasteiger partial charge in [-0.25, -0.2) is 13.9 Å². The maximum absolute atomic E-state index is 13.7. The highest BCUT2D eigenvalue weighted by Gasteiger charge is 2.57. The van der Waals surface area contributed by atoms with Gasteiger partial charge in [0.25, 0.3) is 5.91 Å². The van der Waals surface area contributed by atoms with E-state index in [1.807, 2.05) is 0 Å². The van der Waals surface area contributed by atoms with Gasteiger partial charge in [0.2, 0.25) is 5.88 Å². The van der Waals surface area contributed by atoms with Crippen LogP contribution < -0.4 is 15.4 Å². The van der Waals surface area contributed by atoms with E-state index in [1.54, 1.807) is 5.32 Å². The number of anilines is 1. The van der Waals surface area contributed by atoms with Crippen LogP contribution >= 0.6 is 0 Å². The third kappa shape index (κ3) is 7.03. The van der Waals surface area contributed by atoms with Gasteiger partial charge < -0.3 is 15.4 Å². The summed E-state index contributed by atoms with van der Waals surface area (Å²) in [6.45, 7) is -1.05. The van der Waals surface area contributed by atoms with E-state index >= 15 is 0 Å². The number of carbonyl (C=O) groups excluding carboxylic acids is 1. The molecule has 0 unspecified atom stereocenters. The normalized spacial score (nSPS) is 12.4. The molecule has 1 amide bonds. The molecule has 2 N–H and O–H groups in total. The number of alkyl halides is 8. The molecule has 2 heterocycles. The summed E-state index contributed by atoms with van der Waals surface area (Å²) < 4.78 is 122. The Labute approximate surface area is 231 Å². The first-order valence-electron chi connectivity index (χ1n) is 12.0. The lowest BCUT2D eigenvalue weighted by molar-refractivity contribution is -0.278. The second-order valence-corrected chi connectivity index (χ2v) is 9.04. The number of imidazole rings is 1. The van der Waals surface area contributed by atoms with Gasteiger partial charge in [0.05, 0.1) is 30.5 Å². The van der Waals surface area contributed by atoms with Crippen molar-refractivity contribution >= 4 is 17.2 Å². The Morgan fingerprint density at radius 2 is 1.74 bits per heavy atom. The molecule has 2 aromatic heterocycles. The maximum atomic E-state index is 13.7. The number of ether oxygens (including phenoxy) is 1. The van der Waals surface area contributed by atoms with E-state index in [0.29, 0.717) is 5.56 Å². The summed E-state index contributed by atoms with van der Waals surface area (Å²) in [5, 5.41) is 8.50. The number of hydrogen-bond acceptors (Lipinski definition) is 5. The Morgan fingerprint density at radius 3 is 2.38 bits per heavy atom. The van der Waals surface area contributed by atoms with Crippen LogP contribution in [0.15, 0.2) is 54.7 Å². The maximum Gasteiger partial charge on any atom is 0.455 e. The van der Waals surface area contributed by atoms with Crippen molar-refractivity contribution in [2.24, 2.45) is 0 Å². The molecule has 7 nitrogen and oxygen atoms in total. The van der Waals surface area contributed by atoms with Crippen molar-refractivity contribution in [2.45, 2.75) is 31.6 Å². The van der Waals surface area contributed by atoms with E-state index in [1.165, 1.54) is 60.1 Å². The van der Waals surface area contributed by atoms with Crippen molar-refractivity contribution in [3.63, 3.8) is 0 Å². The third-order valence-electron chi connectivity index (χ3n) is 5.84. The fraction of sp³-hybridized carbons (Fsp3) is 0.269. The Hall–Kier alpha value is -4.50. The highest BCUT2D eigenvalue weighted by molar-refractivity contribution is 5.96. The molecule has 0 aliphatic carbocycles. The number of carbonyl (C=O) groups is 1. The summed E-state index contributed by atoms with van der Waals surface area (Å²) in [7, 11) is 0. The van der Waals surface area contributed by atoms with Crippen LogP contribution in [0.3, 0.4) is 0 Å². The van der Waals surface area contributed by atoms with Gasteiger partial charge in [-0.1, -0.05) is 12.1 Å². The van der Waals surface area contributed by atoms with E-state index in [9.17, 15) is 44.3 Å². The predicted octanol–water partition coefficient (Wildman–Crippen LogP) is 6.93. The number of aromatic nitrogens is 3. The van der Waals surface area contributed by atoms with Crippen molar-refractivity contribution in [3.8, 4) is 22.9 Å². The zero-order chi connectivity index (χ0) is 30.9. The number of nitrogens with one attached hydrogen (secondary N) is 2. The average Bonchev–Trinajstić information content (AvgIpc) is 3.30. The highest BCUT2D eigenvalue weighted by atomic mass is 19.4. The molecule has 0 spiro atoms. The molecular formula is C26H20F9N5O2. The minimum atomic E-state index is -5.84. The van der Waals surface area contributed by atoms with Crippen LogP contribution in [0.5, 0.6) is 11.6 Å². The molecule has 4 rings (SSSR count). The number of nitrogens with zero attached hydrogens (tertiary/aromatic N) is 3. The first-order chi connectivity index (χ1) is 19.5. The molecule has 0 aliphatic rings. The molecule has 2 aromatic carbocycles. The first kappa shape index (κ1) is 30.5. The molecule has 0 saturated heterocycles. The van der Waals surface area contributed by atoms with E-state index in [4.69, 9.17) is 4.74 Å². The summed E-state index contributed by atoms with van der Waals surface area (Å²) in [5.74, 6) is -6.99. The molecule has 16 heteroatoms. The van der Waals surface area contributed by atoms with Gasteiger partial charge in [-0.2, -0.15) is 35.1 Å². The molecule has 0 saturated carbocycles. The number of aryl methyl sites for hydroxylation is 1. The molecule has 42 heavy (non-hydrogen) atoms. The van der Waals surface area contributed by atoms with Crippen LogP contribution in [-0.4, -0.2) is 51.9 Å². The molecule has 0 fully saturated rings. The van der Waals surface area contributed by atoms with Gasteiger partial charge in [-0.05, 0) is 36.8 Å². The van der Waals surface area contributed by atoms with Gasteiger partial charge in [0.1, 0.15) is 11.6 Å². The molecule has 0 radical (unpaired) electrons. The fourth-order valence-electron chi connectivity index (χ4n) is 3.78. The number of halogens is 9. The molecule has 0 atom stereocenters. The topological polar surface area (TPSA) is 80.6 Å². The van der Waals surface area contributed by atoms with Crippen LogP contribution in [0.1, 0.15) is 22.3 Å². The lowest BCUT2D eigenvalue weighted by Gasteiger charge is -2.20. The second kappa shape index (κ2) is 11.4. The van der Waals surface area contributed by atoms with Gasteiger partial charge in [0.15, 0.2) is 5.65 Å². The van der Waals surface area contributed by atoms with Gasteiger partial charge in [-0.3, -0.25) is 4.79 Å². The Bertz CT molecular complexity index is 1600. The van der Waals surface area contributed by atoms with Crippen molar-refractivity contribution in [1.82, 2.24) is 19.9 Å². The SMILES string of the molecule is Cc1cc(-c2cnc3c(NCCC(F)(F)F)cc(Oc4cccc(F)c4)nn23)ccc1C(=O)NCC(F)(F)C(F)(F)F. The smallest absolute Gasteiger partial charge is 0.437 e. The Morgan fingerprint density at radius 1 is 1.00 bits per heavy atom. The van der Waals surface area contributed by atoms with Crippen molar-refractivity contribution in [2.75, 3.05) is 18.4 Å². The molecular weight excluding hydrogens is 585 g/mol. The zero-order valence-electron chi connectivity index (χ0n) is 21.4. The van der Waals surface area contributed by atoms with Crippen LogP contribution in [0.4, 0.5) is 45.2 Å². The fourth-order valence-corrected chi connectivity index (χ4v) is 3.78. The van der Waals surface area contributed by atoms with Gasteiger partial charge in [0, 0.05) is 29.8 Å². The lowest BCUT2D eigenvalue weighted by Crippen LogP contribution is -2.46. The largest absolute Gasteiger partial charge is 0.455 e. The number of fused-ring (bicyclic) bond motifs is 1. The minimum Gasteiger partial charge on any atom is -0.437 e. The summed E-state index contributed by atoms with van der Waals surface area (Å²) in [6.07, 6.45) is -10.1. The molecule has 0 bridgehead atoms. The summed E-state index contributed by atoms with van der Waals surface area (Å²) in [6, 6.07) is 10.3. The van der Waals surface area contributed by atoms with E-state index < -0.39 is 49.5 Å². The molecule has 0 aliphatic heterocycles. The summed E-state index contributed by atoms with van der Waals surface area (Å²) >= 11 is 0. The minimum absolute atomic E-state index is 0.0482. The second-order valence-electron chi connectivity index (χ2n) is 9.04. The van der Waals surface area contributed by atoms with Crippen LogP contribution in [0, 0.1) is 12.7 Å². The third-order valence-corrected chi connectivity index (χ3v) is 5.84. The Balaban J connectivity index is 1.66. The van der Waals surface area contributed by atoms with E-state index in [2.05, 4.69) is 15.4 Å². The van der Waals surface area contributed by atoms with Gasteiger partial charge in [-0.15, -0.1) is 5.10 Å². The van der Waals surface area contributed by atoms with Gasteiger partial charge >= 0.3 is 18.3 Å². The average molecular weight is 605 g/mol. The summed E-state index contributed by atoms with van der Waals surface area (Å²) in [5.41, 5.74) is 0.827. The van der Waals surface area contributed by atoms with Crippen molar-refractivity contribution < 1.29 is 49.0 Å². The number of rotatable bonds is 9. The Kier molecular flexibility index (Phi) is 8.27. The monoisotopic (exact) mass is 605 g/mol. The number of hydrogen-bond donors (Lipinski definition) is 2. The number of amides is 1. The number of benzene rings is 2. The predicted molar refractivity (Wildman–Crippen MR) is 132 cm³/mol. The molecule has 224 valence electrons. The standard InChI is InChI=1S/C26H20F9N5O2/c1-14-9-15(5-6-18(14)23(41)38-13-24(28,29)26(33,34)35)20-12-37-22-19(36-8-7-25(30,31)32)11-21(39-40(20)22)42-17-4-2-3-16(27)10-17/h2-6,9-12,36H,7-8,13H2,1H3,(H,38,41). The lowest BCUT2D eigenvalue weighted by atomic mass is 10.0. The quantitative estimate of drug-likeness (QED) is 0.203. The van der Waals surface area contributed by atoms with Crippen LogP contribution in [0.25, 0.3) is 16.9 Å². The van der Waals surface area contributed by atoms with Crippen LogP contribution in [-0.2, 0) is 0 Å². The van der Waals surface area contributed by atoms with Crippen molar-refractivity contribution in [1.29, 1.82) is 0 Å². The zero-order valence-corrected chi connectivity index (χ0v) is 21.4.